The maximum atomic E-state index is 12.3. The van der Waals surface area contributed by atoms with Crippen LogP contribution in [0.15, 0.2) is 58.3 Å². The summed E-state index contributed by atoms with van der Waals surface area (Å²) in [6, 6.07) is 10.1. The Balaban J connectivity index is 2.43. The number of hydrogen-bond donors (Lipinski definition) is 1. The highest BCUT2D eigenvalue weighted by Gasteiger charge is 2.25. The third-order valence-electron chi connectivity index (χ3n) is 3.32. The van der Waals surface area contributed by atoms with Crippen LogP contribution in [-0.4, -0.2) is 28.4 Å². The maximum Gasteiger partial charge on any atom is 0.253 e. The van der Waals surface area contributed by atoms with Crippen molar-refractivity contribution in [1.82, 2.24) is 4.13 Å². The third kappa shape index (κ3) is 4.38. The summed E-state index contributed by atoms with van der Waals surface area (Å²) < 4.78 is 51.0. The number of Topliss-reactive ketones (excluding diaryl/α,β-unsaturated/α-hetero) is 2. The fraction of sp³-hybridized carbons (Fsp3) is 0.125. The summed E-state index contributed by atoms with van der Waals surface area (Å²) in [6.07, 6.45) is 0. The molecule has 25 heavy (non-hydrogen) atoms. The summed E-state index contributed by atoms with van der Waals surface area (Å²) in [5.41, 5.74) is 0.276. The van der Waals surface area contributed by atoms with E-state index in [-0.39, 0.29) is 32.5 Å². The van der Waals surface area contributed by atoms with Crippen LogP contribution in [-0.2, 0) is 20.0 Å². The zero-order chi connectivity index (χ0) is 18.8. The third-order valence-corrected chi connectivity index (χ3v) is 6.83. The second kappa shape index (κ2) is 6.87. The lowest BCUT2D eigenvalue weighted by Gasteiger charge is -2.09. The number of rotatable bonds is 6. The van der Waals surface area contributed by atoms with E-state index in [2.05, 4.69) is 0 Å². The van der Waals surface area contributed by atoms with Gasteiger partial charge in [-0.25, -0.2) is 16.8 Å². The van der Waals surface area contributed by atoms with E-state index in [1.165, 1.54) is 50.2 Å². The molecule has 0 unspecified atom stereocenters. The second-order valence-electron chi connectivity index (χ2n) is 5.26. The minimum Gasteiger partial charge on any atom is -0.295 e. The fourth-order valence-electron chi connectivity index (χ4n) is 2.01. The van der Waals surface area contributed by atoms with Crippen molar-refractivity contribution in [2.45, 2.75) is 23.6 Å². The Morgan fingerprint density at radius 1 is 0.720 bits per heavy atom. The molecule has 0 aliphatic heterocycles. The highest BCUT2D eigenvalue weighted by atomic mass is 32.3. The van der Waals surface area contributed by atoms with Gasteiger partial charge in [0.25, 0.3) is 20.0 Å². The number of ketones is 2. The summed E-state index contributed by atoms with van der Waals surface area (Å²) in [6.45, 7) is 2.53. The Kier molecular flexibility index (Phi) is 5.21. The Bertz CT molecular complexity index is 970. The molecule has 0 saturated heterocycles. The summed E-state index contributed by atoms with van der Waals surface area (Å²) in [7, 11) is -8.86. The van der Waals surface area contributed by atoms with Crippen LogP contribution in [0.1, 0.15) is 34.6 Å². The number of nitrogens with one attached hydrogen (secondary N) is 1. The van der Waals surface area contributed by atoms with Gasteiger partial charge in [-0.15, -0.1) is 4.13 Å². The predicted octanol–water partition coefficient (Wildman–Crippen LogP) is 1.76. The van der Waals surface area contributed by atoms with E-state index in [0.717, 1.165) is 12.1 Å². The lowest BCUT2D eigenvalue weighted by Crippen LogP contribution is -2.31. The van der Waals surface area contributed by atoms with Crippen molar-refractivity contribution in [2.75, 3.05) is 0 Å². The molecule has 0 radical (unpaired) electrons. The second-order valence-corrected chi connectivity index (χ2v) is 8.88. The molecule has 0 heterocycles. The largest absolute Gasteiger partial charge is 0.295 e. The normalized spacial score (nSPS) is 11.9. The van der Waals surface area contributed by atoms with E-state index < -0.39 is 20.0 Å². The van der Waals surface area contributed by atoms with Crippen LogP contribution in [0.5, 0.6) is 0 Å². The van der Waals surface area contributed by atoms with Gasteiger partial charge in [0.15, 0.2) is 11.6 Å². The topological polar surface area (TPSA) is 114 Å². The Labute approximate surface area is 145 Å². The van der Waals surface area contributed by atoms with E-state index in [9.17, 15) is 26.4 Å². The van der Waals surface area contributed by atoms with Crippen LogP contribution >= 0.6 is 0 Å². The van der Waals surface area contributed by atoms with Gasteiger partial charge < -0.3 is 0 Å². The fourth-order valence-corrected chi connectivity index (χ4v) is 5.01. The zero-order valence-corrected chi connectivity index (χ0v) is 15.0. The highest BCUT2D eigenvalue weighted by Crippen LogP contribution is 2.17. The minimum atomic E-state index is -4.43. The molecular weight excluding hydrogens is 366 g/mol. The molecule has 2 aromatic rings. The van der Waals surface area contributed by atoms with Gasteiger partial charge in [-0.3, -0.25) is 9.59 Å². The molecule has 0 bridgehead atoms. The Morgan fingerprint density at radius 2 is 1.08 bits per heavy atom. The highest BCUT2D eigenvalue weighted by molar-refractivity contribution is 8.04. The average molecular weight is 381 g/mol. The molecule has 0 spiro atoms. The van der Waals surface area contributed by atoms with Crippen LogP contribution in [0, 0.1) is 0 Å². The van der Waals surface area contributed by atoms with E-state index in [1.807, 2.05) is 0 Å². The first-order chi connectivity index (χ1) is 11.5. The van der Waals surface area contributed by atoms with Crippen LogP contribution in [0.4, 0.5) is 0 Å². The SMILES string of the molecule is CC(=O)c1cccc(S(=O)(=O)NS(=O)(=O)c2cccc(C(C)=O)c2)c1. The first-order valence-corrected chi connectivity index (χ1v) is 10.0. The van der Waals surface area contributed by atoms with Crippen molar-refractivity contribution >= 4 is 31.6 Å². The van der Waals surface area contributed by atoms with Gasteiger partial charge in [0.2, 0.25) is 0 Å². The van der Waals surface area contributed by atoms with Gasteiger partial charge in [0, 0.05) is 11.1 Å². The molecule has 2 rings (SSSR count). The molecule has 9 heteroatoms. The van der Waals surface area contributed by atoms with Crippen molar-refractivity contribution in [3.63, 3.8) is 0 Å². The summed E-state index contributed by atoms with van der Waals surface area (Å²) in [5, 5.41) is 0. The molecule has 2 aromatic carbocycles. The molecule has 0 aromatic heterocycles. The first-order valence-electron chi connectivity index (χ1n) is 7.03. The number of sulfonamides is 2. The smallest absolute Gasteiger partial charge is 0.253 e. The molecule has 0 fully saturated rings. The van der Waals surface area contributed by atoms with E-state index in [1.54, 1.807) is 4.13 Å². The lowest BCUT2D eigenvalue weighted by atomic mass is 10.2. The Morgan fingerprint density at radius 3 is 1.40 bits per heavy atom. The van der Waals surface area contributed by atoms with Crippen LogP contribution < -0.4 is 4.13 Å². The van der Waals surface area contributed by atoms with E-state index in [0.29, 0.717) is 0 Å². The Hall–Kier alpha value is -2.36. The summed E-state index contributed by atoms with van der Waals surface area (Å²) in [5.74, 6) is -0.705. The quantitative estimate of drug-likeness (QED) is 0.763. The number of hydrogen-bond acceptors (Lipinski definition) is 6. The van der Waals surface area contributed by atoms with Gasteiger partial charge in [0.1, 0.15) is 0 Å². The molecule has 0 saturated carbocycles. The van der Waals surface area contributed by atoms with Crippen LogP contribution in [0.2, 0.25) is 0 Å². The standard InChI is InChI=1S/C16H15NO6S2/c1-11(18)13-5-3-7-15(9-13)24(20,21)17-25(22,23)16-8-4-6-14(10-16)12(2)19/h3-10,17H,1-2H3. The van der Waals surface area contributed by atoms with Crippen molar-refractivity contribution in [1.29, 1.82) is 0 Å². The lowest BCUT2D eigenvalue weighted by molar-refractivity contribution is 0.100. The number of benzene rings is 2. The van der Waals surface area contributed by atoms with Gasteiger partial charge in [-0.1, -0.05) is 24.3 Å². The summed E-state index contributed by atoms with van der Waals surface area (Å²) in [4.78, 5) is 22.0. The number of carbonyl (C=O) groups excluding carboxylic acids is 2. The van der Waals surface area contributed by atoms with Gasteiger partial charge in [0.05, 0.1) is 9.79 Å². The molecule has 0 aliphatic carbocycles. The van der Waals surface area contributed by atoms with Gasteiger partial charge in [-0.2, -0.15) is 0 Å². The molecule has 0 aliphatic rings. The number of carbonyl (C=O) groups is 2. The molecule has 7 nitrogen and oxygen atoms in total. The maximum absolute atomic E-state index is 12.3. The first kappa shape index (κ1) is 19.0. The summed E-state index contributed by atoms with van der Waals surface area (Å²) >= 11 is 0. The zero-order valence-electron chi connectivity index (χ0n) is 13.4. The van der Waals surface area contributed by atoms with Gasteiger partial charge >= 0.3 is 0 Å². The van der Waals surface area contributed by atoms with Crippen LogP contribution in [0.3, 0.4) is 0 Å². The molecule has 1 N–H and O–H groups in total. The van der Waals surface area contributed by atoms with Crippen molar-refractivity contribution < 1.29 is 26.4 Å². The van der Waals surface area contributed by atoms with E-state index in [4.69, 9.17) is 0 Å². The molecule has 132 valence electrons. The predicted molar refractivity (Wildman–Crippen MR) is 90.4 cm³/mol. The minimum absolute atomic E-state index is 0.138. The van der Waals surface area contributed by atoms with E-state index >= 15 is 0 Å². The van der Waals surface area contributed by atoms with Crippen molar-refractivity contribution in [2.24, 2.45) is 0 Å². The molecule has 0 amide bonds. The average Bonchev–Trinajstić information content (AvgIpc) is 2.54. The van der Waals surface area contributed by atoms with Crippen LogP contribution in [0.25, 0.3) is 0 Å². The van der Waals surface area contributed by atoms with Crippen molar-refractivity contribution in [3.05, 3.63) is 59.7 Å². The van der Waals surface area contributed by atoms with Crippen molar-refractivity contribution in [3.8, 4) is 0 Å². The molecule has 0 atom stereocenters. The molecular formula is C16H15NO6S2. The van der Waals surface area contributed by atoms with Gasteiger partial charge in [-0.05, 0) is 38.1 Å². The monoisotopic (exact) mass is 381 g/mol.